The first-order valence-corrected chi connectivity index (χ1v) is 7.65. The summed E-state index contributed by atoms with van der Waals surface area (Å²) in [5, 5.41) is 12.6. The molecule has 0 spiro atoms. The number of carbonyl (C=O) groups excluding carboxylic acids is 1. The van der Waals surface area contributed by atoms with Crippen molar-refractivity contribution in [2.24, 2.45) is 5.41 Å². The third kappa shape index (κ3) is 4.55. The Morgan fingerprint density at radius 1 is 1.33 bits per heavy atom. The van der Waals surface area contributed by atoms with Crippen LogP contribution in [0, 0.1) is 5.41 Å². The molecule has 1 saturated heterocycles. The lowest BCUT2D eigenvalue weighted by atomic mass is 9.81. The molecule has 1 atom stereocenters. The first-order chi connectivity index (χ1) is 10.2. The number of amides is 1. The van der Waals surface area contributed by atoms with E-state index in [1.807, 2.05) is 30.3 Å². The van der Waals surface area contributed by atoms with Gasteiger partial charge >= 0.3 is 0 Å². The molecule has 1 unspecified atom stereocenters. The van der Waals surface area contributed by atoms with Crippen LogP contribution in [0.15, 0.2) is 30.3 Å². The Morgan fingerprint density at radius 3 is 2.62 bits per heavy atom. The highest BCUT2D eigenvalue weighted by Gasteiger charge is 2.32. The van der Waals surface area contributed by atoms with Crippen molar-refractivity contribution in [3.63, 3.8) is 0 Å². The number of rotatable bonds is 6. The van der Waals surface area contributed by atoms with Gasteiger partial charge in [-0.2, -0.15) is 0 Å². The summed E-state index contributed by atoms with van der Waals surface area (Å²) in [4.78, 5) is 12.1. The zero-order valence-electron chi connectivity index (χ0n) is 12.7. The van der Waals surface area contributed by atoms with Gasteiger partial charge in [-0.15, -0.1) is 0 Å². The van der Waals surface area contributed by atoms with E-state index in [-0.39, 0.29) is 23.8 Å². The SMILES string of the molecule is CC(CC(=O)NCC1(CO)CCOCC1)c1ccccc1. The standard InChI is InChI=1S/C17H25NO3/c1-14(15-5-3-2-4-6-15)11-16(20)18-12-17(13-19)7-9-21-10-8-17/h2-6,14,19H,7-13H2,1H3,(H,18,20). The average molecular weight is 291 g/mol. The lowest BCUT2D eigenvalue weighted by Gasteiger charge is -2.35. The summed E-state index contributed by atoms with van der Waals surface area (Å²) >= 11 is 0. The monoisotopic (exact) mass is 291 g/mol. The summed E-state index contributed by atoms with van der Waals surface area (Å²) in [6.45, 7) is 4.02. The Hall–Kier alpha value is -1.39. The number of benzene rings is 1. The van der Waals surface area contributed by atoms with Crippen LogP contribution < -0.4 is 5.32 Å². The number of carbonyl (C=O) groups is 1. The Balaban J connectivity index is 1.81. The minimum Gasteiger partial charge on any atom is -0.396 e. The third-order valence-corrected chi connectivity index (χ3v) is 4.41. The minimum atomic E-state index is -0.204. The second kappa shape index (κ2) is 7.57. The Bertz CT molecular complexity index is 441. The number of ether oxygens (including phenoxy) is 1. The van der Waals surface area contributed by atoms with E-state index < -0.39 is 0 Å². The maximum atomic E-state index is 12.1. The number of hydrogen-bond donors (Lipinski definition) is 2. The minimum absolute atomic E-state index is 0.0469. The van der Waals surface area contributed by atoms with E-state index in [9.17, 15) is 9.90 Å². The molecule has 0 aromatic heterocycles. The van der Waals surface area contributed by atoms with Crippen LogP contribution in [0.1, 0.15) is 37.7 Å². The van der Waals surface area contributed by atoms with E-state index >= 15 is 0 Å². The van der Waals surface area contributed by atoms with Crippen molar-refractivity contribution in [1.29, 1.82) is 0 Å². The molecule has 21 heavy (non-hydrogen) atoms. The number of nitrogens with one attached hydrogen (secondary N) is 1. The van der Waals surface area contributed by atoms with Crippen LogP contribution >= 0.6 is 0 Å². The van der Waals surface area contributed by atoms with E-state index in [1.54, 1.807) is 0 Å². The lowest BCUT2D eigenvalue weighted by molar-refractivity contribution is -0.122. The molecule has 1 fully saturated rings. The van der Waals surface area contributed by atoms with Gasteiger partial charge in [0.25, 0.3) is 0 Å². The largest absolute Gasteiger partial charge is 0.396 e. The van der Waals surface area contributed by atoms with Gasteiger partial charge in [-0.25, -0.2) is 0 Å². The van der Waals surface area contributed by atoms with E-state index in [0.29, 0.717) is 26.2 Å². The predicted octanol–water partition coefficient (Wildman–Crippen LogP) is 2.09. The van der Waals surface area contributed by atoms with Crippen molar-refractivity contribution in [2.75, 3.05) is 26.4 Å². The zero-order chi connectivity index (χ0) is 15.1. The summed E-state index contributed by atoms with van der Waals surface area (Å²) in [6.07, 6.45) is 2.08. The topological polar surface area (TPSA) is 58.6 Å². The highest BCUT2D eigenvalue weighted by molar-refractivity contribution is 5.76. The number of aliphatic hydroxyl groups is 1. The average Bonchev–Trinajstić information content (AvgIpc) is 2.54. The van der Waals surface area contributed by atoms with Gasteiger partial charge in [-0.1, -0.05) is 37.3 Å². The highest BCUT2D eigenvalue weighted by Crippen LogP contribution is 2.29. The van der Waals surface area contributed by atoms with Crippen molar-refractivity contribution in [3.05, 3.63) is 35.9 Å². The van der Waals surface area contributed by atoms with Gasteiger partial charge in [0, 0.05) is 31.6 Å². The van der Waals surface area contributed by atoms with Gasteiger partial charge in [-0.05, 0) is 24.3 Å². The molecule has 1 amide bonds. The van der Waals surface area contributed by atoms with Crippen molar-refractivity contribution in [2.45, 2.75) is 32.1 Å². The molecule has 1 aliphatic rings. The summed E-state index contributed by atoms with van der Waals surface area (Å²) in [5.74, 6) is 0.247. The molecule has 2 rings (SSSR count). The van der Waals surface area contributed by atoms with E-state index in [4.69, 9.17) is 4.74 Å². The first kappa shape index (κ1) is 16.0. The zero-order valence-corrected chi connectivity index (χ0v) is 12.7. The van der Waals surface area contributed by atoms with Crippen LogP contribution in [0.5, 0.6) is 0 Å². The molecule has 2 N–H and O–H groups in total. The lowest BCUT2D eigenvalue weighted by Crippen LogP contribution is -2.43. The molecule has 0 radical (unpaired) electrons. The van der Waals surface area contributed by atoms with Gasteiger partial charge in [0.05, 0.1) is 6.61 Å². The summed E-state index contributed by atoms with van der Waals surface area (Å²) < 4.78 is 5.33. The van der Waals surface area contributed by atoms with Crippen LogP contribution in [-0.2, 0) is 9.53 Å². The molecule has 0 saturated carbocycles. The van der Waals surface area contributed by atoms with Gasteiger partial charge in [0.1, 0.15) is 0 Å². The first-order valence-electron chi connectivity index (χ1n) is 7.65. The Kier molecular flexibility index (Phi) is 5.76. The molecule has 4 nitrogen and oxygen atoms in total. The quantitative estimate of drug-likeness (QED) is 0.843. The maximum Gasteiger partial charge on any atom is 0.220 e. The fraction of sp³-hybridized carbons (Fsp3) is 0.588. The van der Waals surface area contributed by atoms with Crippen molar-refractivity contribution in [1.82, 2.24) is 5.32 Å². The van der Waals surface area contributed by atoms with E-state index in [1.165, 1.54) is 5.56 Å². The molecule has 0 aliphatic carbocycles. The molecule has 4 heteroatoms. The summed E-state index contributed by atoms with van der Waals surface area (Å²) in [6, 6.07) is 10.1. The van der Waals surface area contributed by atoms with Crippen LogP contribution in [0.2, 0.25) is 0 Å². The van der Waals surface area contributed by atoms with Gasteiger partial charge in [0.15, 0.2) is 0 Å². The van der Waals surface area contributed by atoms with Crippen LogP contribution in [0.25, 0.3) is 0 Å². The predicted molar refractivity (Wildman–Crippen MR) is 82.1 cm³/mol. The van der Waals surface area contributed by atoms with Crippen LogP contribution in [-0.4, -0.2) is 37.4 Å². The number of hydrogen-bond acceptors (Lipinski definition) is 3. The smallest absolute Gasteiger partial charge is 0.220 e. The van der Waals surface area contributed by atoms with Gasteiger partial charge in [0.2, 0.25) is 5.91 Å². The molecule has 1 aliphatic heterocycles. The van der Waals surface area contributed by atoms with E-state index in [0.717, 1.165) is 12.8 Å². The van der Waals surface area contributed by atoms with Crippen molar-refractivity contribution < 1.29 is 14.6 Å². The van der Waals surface area contributed by atoms with Crippen LogP contribution in [0.3, 0.4) is 0 Å². The van der Waals surface area contributed by atoms with Crippen molar-refractivity contribution >= 4 is 5.91 Å². The second-order valence-corrected chi connectivity index (χ2v) is 6.06. The second-order valence-electron chi connectivity index (χ2n) is 6.06. The molecular formula is C17H25NO3. The molecule has 1 aromatic carbocycles. The maximum absolute atomic E-state index is 12.1. The molecule has 0 bridgehead atoms. The van der Waals surface area contributed by atoms with E-state index in [2.05, 4.69) is 12.2 Å². The third-order valence-electron chi connectivity index (χ3n) is 4.41. The fourth-order valence-corrected chi connectivity index (χ4v) is 2.73. The number of aliphatic hydroxyl groups excluding tert-OH is 1. The normalized spacial score (nSPS) is 19.0. The Labute approximate surface area is 126 Å². The molecule has 1 heterocycles. The van der Waals surface area contributed by atoms with Gasteiger partial charge < -0.3 is 15.2 Å². The molecule has 116 valence electrons. The van der Waals surface area contributed by atoms with Crippen molar-refractivity contribution in [3.8, 4) is 0 Å². The molecular weight excluding hydrogens is 266 g/mol. The summed E-state index contributed by atoms with van der Waals surface area (Å²) in [5.41, 5.74) is 0.972. The fourth-order valence-electron chi connectivity index (χ4n) is 2.73. The van der Waals surface area contributed by atoms with Crippen LogP contribution in [0.4, 0.5) is 0 Å². The molecule has 1 aromatic rings. The van der Waals surface area contributed by atoms with Gasteiger partial charge in [-0.3, -0.25) is 4.79 Å². The highest BCUT2D eigenvalue weighted by atomic mass is 16.5. The Morgan fingerprint density at radius 2 is 2.00 bits per heavy atom. The summed E-state index contributed by atoms with van der Waals surface area (Å²) in [7, 11) is 0.